The van der Waals surface area contributed by atoms with Gasteiger partial charge in [0.15, 0.2) is 11.5 Å². The molecule has 0 saturated carbocycles. The van der Waals surface area contributed by atoms with Crippen molar-refractivity contribution in [3.8, 4) is 11.5 Å². The van der Waals surface area contributed by atoms with E-state index in [2.05, 4.69) is 0 Å². The van der Waals surface area contributed by atoms with Crippen LogP contribution in [0, 0.1) is 0 Å². The van der Waals surface area contributed by atoms with E-state index in [4.69, 9.17) is 16.3 Å². The molecule has 3 heteroatoms. The topological polar surface area (TPSA) is 29.5 Å². The molecule has 0 aliphatic heterocycles. The Hall–Kier alpha value is -0.890. The minimum Gasteiger partial charge on any atom is -0.504 e. The van der Waals surface area contributed by atoms with Crippen LogP contribution in [0.15, 0.2) is 18.2 Å². The van der Waals surface area contributed by atoms with Crippen molar-refractivity contribution in [2.24, 2.45) is 0 Å². The minimum atomic E-state index is 0.175. The third-order valence-electron chi connectivity index (χ3n) is 2.15. The smallest absolute Gasteiger partial charge is 0.161 e. The maximum atomic E-state index is 9.49. The lowest BCUT2D eigenvalue weighted by Gasteiger charge is -2.08. The van der Waals surface area contributed by atoms with Gasteiger partial charge in [0, 0.05) is 5.38 Å². The number of phenolic OH excluding ortho intramolecular Hbond substituents is 1. The number of rotatable bonds is 5. The molecule has 0 radical (unpaired) electrons. The number of phenols is 1. The van der Waals surface area contributed by atoms with Crippen molar-refractivity contribution in [1.82, 2.24) is 0 Å². The fourth-order valence-corrected chi connectivity index (χ4v) is 1.46. The second-order valence-electron chi connectivity index (χ2n) is 3.55. The molecule has 1 aromatic carbocycles. The van der Waals surface area contributed by atoms with Gasteiger partial charge in [-0.15, -0.1) is 11.6 Å². The molecule has 1 N–H and O–H groups in total. The first-order valence-corrected chi connectivity index (χ1v) is 5.66. The number of hydrogen-bond acceptors (Lipinski definition) is 2. The zero-order chi connectivity index (χ0) is 11.3. The van der Waals surface area contributed by atoms with Gasteiger partial charge in [0.2, 0.25) is 0 Å². The molecular weight excluding hydrogens is 212 g/mol. The van der Waals surface area contributed by atoms with Gasteiger partial charge in [-0.3, -0.25) is 0 Å². The number of hydrogen-bond donors (Lipinski definition) is 1. The minimum absolute atomic E-state index is 0.175. The van der Waals surface area contributed by atoms with Crippen LogP contribution in [0.25, 0.3) is 0 Å². The summed E-state index contributed by atoms with van der Waals surface area (Å²) >= 11 is 5.88. The summed E-state index contributed by atoms with van der Waals surface area (Å²) in [5.74, 6) is 0.747. The Kier molecular flexibility index (Phi) is 4.76. The summed E-state index contributed by atoms with van der Waals surface area (Å²) in [4.78, 5) is 0. The van der Waals surface area contributed by atoms with Gasteiger partial charge in [0.05, 0.1) is 6.61 Å². The molecule has 0 bridgehead atoms. The monoisotopic (exact) mass is 228 g/mol. The van der Waals surface area contributed by atoms with Gasteiger partial charge in [0.25, 0.3) is 0 Å². The number of aromatic hydroxyl groups is 1. The highest BCUT2D eigenvalue weighted by Gasteiger charge is 2.04. The lowest BCUT2D eigenvalue weighted by molar-refractivity contribution is 0.317. The molecule has 15 heavy (non-hydrogen) atoms. The SMILES string of the molecule is CCOc1cc(CCC(C)Cl)ccc1O. The molecule has 0 fully saturated rings. The van der Waals surface area contributed by atoms with Crippen molar-refractivity contribution in [3.63, 3.8) is 0 Å². The Labute approximate surface area is 95.8 Å². The molecule has 0 aliphatic carbocycles. The largest absolute Gasteiger partial charge is 0.504 e. The first-order valence-electron chi connectivity index (χ1n) is 5.22. The molecule has 0 saturated heterocycles. The van der Waals surface area contributed by atoms with Gasteiger partial charge in [-0.2, -0.15) is 0 Å². The number of ether oxygens (including phenoxy) is 1. The van der Waals surface area contributed by atoms with Crippen LogP contribution in [0.4, 0.5) is 0 Å². The summed E-state index contributed by atoms with van der Waals surface area (Å²) in [5.41, 5.74) is 1.14. The highest BCUT2D eigenvalue weighted by molar-refractivity contribution is 6.20. The number of aryl methyl sites for hydroxylation is 1. The molecule has 0 aromatic heterocycles. The summed E-state index contributed by atoms with van der Waals surface area (Å²) in [6.45, 7) is 4.43. The average molecular weight is 229 g/mol. The van der Waals surface area contributed by atoms with E-state index in [9.17, 15) is 5.11 Å². The fourth-order valence-electron chi connectivity index (χ4n) is 1.35. The zero-order valence-electron chi connectivity index (χ0n) is 9.16. The standard InChI is InChI=1S/C12H17ClO2/c1-3-15-12-8-10(5-4-9(2)13)6-7-11(12)14/h6-9,14H,3-5H2,1-2H3. The van der Waals surface area contributed by atoms with Gasteiger partial charge in [-0.1, -0.05) is 6.07 Å². The Morgan fingerprint density at radius 3 is 2.80 bits per heavy atom. The van der Waals surface area contributed by atoms with Crippen LogP contribution < -0.4 is 4.74 Å². The molecule has 1 unspecified atom stereocenters. The van der Waals surface area contributed by atoms with E-state index < -0.39 is 0 Å². The number of alkyl halides is 1. The van der Waals surface area contributed by atoms with E-state index in [1.54, 1.807) is 6.07 Å². The van der Waals surface area contributed by atoms with Gasteiger partial charge in [0.1, 0.15) is 0 Å². The summed E-state index contributed by atoms with van der Waals surface area (Å²) in [6.07, 6.45) is 1.84. The van der Waals surface area contributed by atoms with E-state index in [1.807, 2.05) is 26.0 Å². The van der Waals surface area contributed by atoms with Crippen LogP contribution in [-0.4, -0.2) is 17.1 Å². The molecular formula is C12H17ClO2. The molecule has 0 spiro atoms. The van der Waals surface area contributed by atoms with Crippen LogP contribution >= 0.6 is 11.6 Å². The van der Waals surface area contributed by atoms with Gasteiger partial charge >= 0.3 is 0 Å². The van der Waals surface area contributed by atoms with Crippen molar-refractivity contribution in [3.05, 3.63) is 23.8 Å². The third-order valence-corrected chi connectivity index (χ3v) is 2.37. The molecule has 0 amide bonds. The predicted octanol–water partition coefficient (Wildman–Crippen LogP) is 3.35. The molecule has 84 valence electrons. The maximum Gasteiger partial charge on any atom is 0.161 e. The molecule has 0 aliphatic rings. The normalized spacial score (nSPS) is 12.5. The van der Waals surface area contributed by atoms with Crippen LogP contribution in [0.3, 0.4) is 0 Å². The fraction of sp³-hybridized carbons (Fsp3) is 0.500. The van der Waals surface area contributed by atoms with Crippen LogP contribution in [0.2, 0.25) is 0 Å². The summed E-state index contributed by atoms with van der Waals surface area (Å²) < 4.78 is 5.30. The van der Waals surface area contributed by atoms with Gasteiger partial charge in [-0.05, 0) is 44.4 Å². The lowest BCUT2D eigenvalue weighted by Crippen LogP contribution is -1.96. The van der Waals surface area contributed by atoms with E-state index in [0.29, 0.717) is 12.4 Å². The van der Waals surface area contributed by atoms with Crippen molar-refractivity contribution in [2.75, 3.05) is 6.61 Å². The van der Waals surface area contributed by atoms with Crippen molar-refractivity contribution in [2.45, 2.75) is 32.1 Å². The van der Waals surface area contributed by atoms with E-state index in [-0.39, 0.29) is 11.1 Å². The van der Waals surface area contributed by atoms with Crippen molar-refractivity contribution < 1.29 is 9.84 Å². The van der Waals surface area contributed by atoms with Crippen LogP contribution in [0.1, 0.15) is 25.8 Å². The lowest BCUT2D eigenvalue weighted by atomic mass is 10.1. The highest BCUT2D eigenvalue weighted by atomic mass is 35.5. The van der Waals surface area contributed by atoms with Gasteiger partial charge < -0.3 is 9.84 Å². The van der Waals surface area contributed by atoms with Crippen LogP contribution in [0.5, 0.6) is 11.5 Å². The van der Waals surface area contributed by atoms with E-state index in [1.165, 1.54) is 0 Å². The molecule has 1 rings (SSSR count). The second-order valence-corrected chi connectivity index (χ2v) is 4.30. The molecule has 1 aromatic rings. The molecule has 2 nitrogen and oxygen atoms in total. The first kappa shape index (κ1) is 12.2. The predicted molar refractivity (Wildman–Crippen MR) is 62.9 cm³/mol. The van der Waals surface area contributed by atoms with E-state index >= 15 is 0 Å². The first-order chi connectivity index (χ1) is 7.13. The van der Waals surface area contributed by atoms with E-state index in [0.717, 1.165) is 18.4 Å². The highest BCUT2D eigenvalue weighted by Crippen LogP contribution is 2.27. The summed E-state index contributed by atoms with van der Waals surface area (Å²) in [7, 11) is 0. The third kappa shape index (κ3) is 4.00. The maximum absolute atomic E-state index is 9.49. The van der Waals surface area contributed by atoms with Crippen molar-refractivity contribution in [1.29, 1.82) is 0 Å². The zero-order valence-corrected chi connectivity index (χ0v) is 9.92. The number of benzene rings is 1. The molecule has 0 heterocycles. The summed E-state index contributed by atoms with van der Waals surface area (Å²) in [5, 5.41) is 9.67. The number of halogens is 1. The van der Waals surface area contributed by atoms with Crippen LogP contribution in [-0.2, 0) is 6.42 Å². The Balaban J connectivity index is 2.69. The summed E-state index contributed by atoms with van der Waals surface area (Å²) in [6, 6.07) is 5.44. The molecule has 1 atom stereocenters. The Bertz CT molecular complexity index is 310. The van der Waals surface area contributed by atoms with Crippen molar-refractivity contribution >= 4 is 11.6 Å². The average Bonchev–Trinajstić information content (AvgIpc) is 2.19. The Morgan fingerprint density at radius 2 is 2.20 bits per heavy atom. The second kappa shape index (κ2) is 5.86. The van der Waals surface area contributed by atoms with Gasteiger partial charge in [-0.25, -0.2) is 0 Å². The Morgan fingerprint density at radius 1 is 1.47 bits per heavy atom. The quantitative estimate of drug-likeness (QED) is 0.784.